The largest absolute Gasteiger partial charge is 0.463 e. The van der Waals surface area contributed by atoms with Crippen molar-refractivity contribution in [1.29, 1.82) is 0 Å². The van der Waals surface area contributed by atoms with Crippen LogP contribution in [-0.4, -0.2) is 160 Å². The third-order valence-electron chi connectivity index (χ3n) is 8.56. The normalized spacial score (nSPS) is 19.9. The molecule has 18 heteroatoms. The van der Waals surface area contributed by atoms with E-state index in [9.17, 15) is 34.1 Å². The van der Waals surface area contributed by atoms with Gasteiger partial charge in [-0.2, -0.15) is 0 Å². The molecule has 2 atom stereocenters. The molecule has 0 spiro atoms. The number of nitrogens with zero attached hydrogens (tertiary/aromatic N) is 4. The number of hydrogen-bond donors (Lipinski definition) is 2. The molecule has 0 saturated carbocycles. The van der Waals surface area contributed by atoms with Crippen LogP contribution in [0, 0.1) is 10.1 Å². The Morgan fingerprint density at radius 2 is 1.48 bits per heavy atom. The molecule has 280 valence electrons. The Bertz CT molecular complexity index is 1260. The number of rotatable bonds is 17. The predicted molar refractivity (Wildman–Crippen MR) is 177 cm³/mol. The lowest BCUT2D eigenvalue weighted by Crippen LogP contribution is -2.51. The first-order chi connectivity index (χ1) is 23.9. The zero-order valence-corrected chi connectivity index (χ0v) is 29.1. The number of ether oxygens (including phenoxy) is 5. The second kappa shape index (κ2) is 20.4. The van der Waals surface area contributed by atoms with Gasteiger partial charge < -0.3 is 49.0 Å². The summed E-state index contributed by atoms with van der Waals surface area (Å²) < 4.78 is 26.2. The van der Waals surface area contributed by atoms with Crippen molar-refractivity contribution in [3.05, 3.63) is 33.4 Å². The fourth-order valence-corrected chi connectivity index (χ4v) is 5.60. The minimum atomic E-state index is -1.54. The van der Waals surface area contributed by atoms with Gasteiger partial charge in [-0.3, -0.25) is 24.5 Å². The van der Waals surface area contributed by atoms with E-state index < -0.39 is 28.6 Å². The minimum absolute atomic E-state index is 0.0287. The number of alkyl carbamates (subject to hydrolysis) is 1. The second-order valence-corrected chi connectivity index (χ2v) is 12.2. The summed E-state index contributed by atoms with van der Waals surface area (Å²) in [6, 6.07) is 0. The Labute approximate surface area is 291 Å². The van der Waals surface area contributed by atoms with Crippen LogP contribution in [0.4, 0.5) is 9.59 Å². The topological polar surface area (TPSA) is 208 Å². The zero-order valence-electron chi connectivity index (χ0n) is 29.1. The fourth-order valence-electron chi connectivity index (χ4n) is 5.60. The lowest BCUT2D eigenvalue weighted by atomic mass is 9.79. The van der Waals surface area contributed by atoms with Crippen molar-refractivity contribution in [2.45, 2.75) is 51.2 Å². The van der Waals surface area contributed by atoms with Gasteiger partial charge in [0.2, 0.25) is 17.4 Å². The zero-order chi connectivity index (χ0) is 36.5. The molecule has 0 bridgehead atoms. The van der Waals surface area contributed by atoms with Gasteiger partial charge >= 0.3 is 18.2 Å². The van der Waals surface area contributed by atoms with Gasteiger partial charge in [0, 0.05) is 95.2 Å². The summed E-state index contributed by atoms with van der Waals surface area (Å²) in [6.45, 7) is 8.01. The van der Waals surface area contributed by atoms with E-state index in [0.717, 1.165) is 13.1 Å². The maximum Gasteiger partial charge on any atom is 0.409 e. The van der Waals surface area contributed by atoms with E-state index in [1.807, 2.05) is 0 Å². The summed E-state index contributed by atoms with van der Waals surface area (Å²) in [5, 5.41) is 17.6. The van der Waals surface area contributed by atoms with Gasteiger partial charge in [-0.25, -0.2) is 9.59 Å². The molecule has 18 nitrogen and oxygen atoms in total. The van der Waals surface area contributed by atoms with Gasteiger partial charge in [-0.05, 0) is 6.92 Å². The average Bonchev–Trinajstić information content (AvgIpc) is 3.12. The first-order valence-electron chi connectivity index (χ1n) is 16.9. The molecule has 0 aromatic rings. The number of nitrogens with one attached hydrogen (secondary N) is 2. The highest BCUT2D eigenvalue weighted by Gasteiger charge is 2.46. The molecule has 2 N–H and O–H groups in total. The first-order valence-corrected chi connectivity index (χ1v) is 16.9. The molecule has 4 amide bonds. The smallest absolute Gasteiger partial charge is 0.409 e. The monoisotopic (exact) mass is 710 g/mol. The standard InChI is InChI=1S/C32H50N6O12/c1-24(50-30(42)33-3)22-26-5-4-25(23-32(26,2)38(44)45)29(41)36-14-12-35(13-15-36)27(39)6-7-28(40)48-20-18-46-16-17-47-19-21-49-31(43)37-10-8-34-9-11-37/h4-5,24,34H,6-23H2,1-3H3,(H,33,42). The van der Waals surface area contributed by atoms with Crippen molar-refractivity contribution in [2.75, 3.05) is 99.0 Å². The third kappa shape index (κ3) is 12.5. The van der Waals surface area contributed by atoms with E-state index in [1.54, 1.807) is 33.8 Å². The number of piperazine rings is 2. The van der Waals surface area contributed by atoms with Crippen molar-refractivity contribution in [3.8, 4) is 0 Å². The lowest BCUT2D eigenvalue weighted by Gasteiger charge is -2.36. The van der Waals surface area contributed by atoms with Gasteiger partial charge in [0.15, 0.2) is 0 Å². The quantitative estimate of drug-likeness (QED) is 0.0693. The van der Waals surface area contributed by atoms with Gasteiger partial charge in [-0.1, -0.05) is 12.2 Å². The number of amides is 4. The lowest BCUT2D eigenvalue weighted by molar-refractivity contribution is -0.553. The second-order valence-electron chi connectivity index (χ2n) is 12.2. The van der Waals surface area contributed by atoms with Crippen molar-refractivity contribution < 1.29 is 52.6 Å². The van der Waals surface area contributed by atoms with Crippen molar-refractivity contribution in [3.63, 3.8) is 0 Å². The van der Waals surface area contributed by atoms with Crippen LogP contribution in [0.1, 0.15) is 39.5 Å². The first kappa shape index (κ1) is 40.1. The summed E-state index contributed by atoms with van der Waals surface area (Å²) >= 11 is 0. The summed E-state index contributed by atoms with van der Waals surface area (Å²) in [6.07, 6.45) is 1.42. The Hall–Kier alpha value is -4.29. The molecule has 2 unspecified atom stereocenters. The highest BCUT2D eigenvalue weighted by molar-refractivity contribution is 5.94. The molecule has 2 saturated heterocycles. The summed E-state index contributed by atoms with van der Waals surface area (Å²) in [5.74, 6) is -1.10. The Balaban J connectivity index is 1.27. The van der Waals surface area contributed by atoms with E-state index in [1.165, 1.54) is 14.0 Å². The van der Waals surface area contributed by atoms with Crippen LogP contribution in [0.15, 0.2) is 23.3 Å². The summed E-state index contributed by atoms with van der Waals surface area (Å²) in [5.41, 5.74) is -0.811. The molecule has 0 radical (unpaired) electrons. The SMILES string of the molecule is CNC(=O)OC(C)CC1=CC=C(C(=O)N2CCN(C(=O)CCC(=O)OCCOCCOCCOC(=O)N3CCNCC3)CC2)CC1(C)[N+](=O)[O-]. The number of carbonyl (C=O) groups excluding carboxylic acids is 5. The Morgan fingerprint density at radius 3 is 2.10 bits per heavy atom. The van der Waals surface area contributed by atoms with Crippen LogP contribution in [0.5, 0.6) is 0 Å². The van der Waals surface area contributed by atoms with Gasteiger partial charge in [0.1, 0.15) is 19.3 Å². The molecule has 3 aliphatic rings. The van der Waals surface area contributed by atoms with Crippen LogP contribution in [-0.2, 0) is 38.1 Å². The highest BCUT2D eigenvalue weighted by atomic mass is 16.6. The van der Waals surface area contributed by atoms with Crippen LogP contribution in [0.3, 0.4) is 0 Å². The average molecular weight is 711 g/mol. The number of carbonyl (C=O) groups is 5. The van der Waals surface area contributed by atoms with Crippen molar-refractivity contribution >= 4 is 30.0 Å². The van der Waals surface area contributed by atoms with E-state index >= 15 is 0 Å². The van der Waals surface area contributed by atoms with Gasteiger partial charge in [0.25, 0.3) is 0 Å². The molecule has 3 rings (SSSR count). The van der Waals surface area contributed by atoms with Crippen molar-refractivity contribution in [2.24, 2.45) is 0 Å². The van der Waals surface area contributed by atoms with Crippen molar-refractivity contribution in [1.82, 2.24) is 25.3 Å². The van der Waals surface area contributed by atoms with Crippen LogP contribution in [0.25, 0.3) is 0 Å². The van der Waals surface area contributed by atoms with E-state index in [2.05, 4.69) is 10.6 Å². The number of esters is 1. The fraction of sp³-hybridized carbons (Fsp3) is 0.719. The van der Waals surface area contributed by atoms with E-state index in [-0.39, 0.29) is 115 Å². The van der Waals surface area contributed by atoms with Crippen LogP contribution < -0.4 is 10.6 Å². The Morgan fingerprint density at radius 1 is 0.880 bits per heavy atom. The number of allylic oxidation sites excluding steroid dienone is 2. The third-order valence-corrected chi connectivity index (χ3v) is 8.56. The number of nitro groups is 1. The number of hydrogen-bond acceptors (Lipinski definition) is 13. The molecule has 1 aliphatic carbocycles. The highest BCUT2D eigenvalue weighted by Crippen LogP contribution is 2.36. The van der Waals surface area contributed by atoms with Crippen LogP contribution in [0.2, 0.25) is 0 Å². The Kier molecular flexibility index (Phi) is 16.4. The maximum absolute atomic E-state index is 13.3. The van der Waals surface area contributed by atoms with Crippen LogP contribution >= 0.6 is 0 Å². The molecule has 0 aromatic carbocycles. The van der Waals surface area contributed by atoms with E-state index in [4.69, 9.17) is 23.7 Å². The summed E-state index contributed by atoms with van der Waals surface area (Å²) in [7, 11) is 1.42. The molecule has 50 heavy (non-hydrogen) atoms. The molecule has 2 heterocycles. The molecular weight excluding hydrogens is 660 g/mol. The molecule has 2 fully saturated rings. The molecule has 2 aliphatic heterocycles. The minimum Gasteiger partial charge on any atom is -0.463 e. The summed E-state index contributed by atoms with van der Waals surface area (Å²) in [4.78, 5) is 78.0. The molecular formula is C32H50N6O12. The van der Waals surface area contributed by atoms with Gasteiger partial charge in [0.05, 0.1) is 39.3 Å². The maximum atomic E-state index is 13.3. The van der Waals surface area contributed by atoms with E-state index in [0.29, 0.717) is 18.7 Å². The van der Waals surface area contributed by atoms with Gasteiger partial charge in [-0.15, -0.1) is 0 Å². The molecule has 0 aromatic heterocycles. The predicted octanol–water partition coefficient (Wildman–Crippen LogP) is 0.482.